The molecule has 3 heteroatoms. The molecule has 0 saturated carbocycles. The molecule has 8 rings (SSSR count). The molecule has 0 saturated heterocycles. The third-order valence-electron chi connectivity index (χ3n) is 8.15. The van der Waals surface area contributed by atoms with Crippen LogP contribution in [0.2, 0.25) is 0 Å². The van der Waals surface area contributed by atoms with Crippen molar-refractivity contribution in [2.24, 2.45) is 0 Å². The Bertz CT molecular complexity index is 2040. The highest BCUT2D eigenvalue weighted by Gasteiger charge is 2.19. The lowest BCUT2D eigenvalue weighted by molar-refractivity contribution is 0.968. The van der Waals surface area contributed by atoms with E-state index in [1.54, 1.807) is 0 Å². The molecule has 0 fully saturated rings. The van der Waals surface area contributed by atoms with Crippen molar-refractivity contribution < 1.29 is 0 Å². The Labute approximate surface area is 228 Å². The molecule has 0 bridgehead atoms. The van der Waals surface area contributed by atoms with Crippen LogP contribution in [0.25, 0.3) is 61.3 Å². The summed E-state index contributed by atoms with van der Waals surface area (Å²) in [6, 6.07) is 41.2. The van der Waals surface area contributed by atoms with Crippen LogP contribution >= 0.6 is 0 Å². The SMILES string of the molecule is [B]c1ccc(-n2c3c(c4ccccc42)CCC=C3)cc1-c1cccc(-n2c3ccccc3c3ccccc32)c1. The number of fused-ring (bicyclic) bond motifs is 6. The maximum atomic E-state index is 6.65. The minimum absolute atomic E-state index is 0.777. The maximum Gasteiger partial charge on any atom is 0.114 e. The van der Waals surface area contributed by atoms with E-state index in [4.69, 9.17) is 7.85 Å². The minimum atomic E-state index is 0.777. The third kappa shape index (κ3) is 3.36. The highest BCUT2D eigenvalue weighted by Crippen LogP contribution is 2.36. The Balaban J connectivity index is 1.32. The number of benzene rings is 5. The minimum Gasteiger partial charge on any atom is -0.310 e. The summed E-state index contributed by atoms with van der Waals surface area (Å²) >= 11 is 0. The summed E-state index contributed by atoms with van der Waals surface area (Å²) < 4.78 is 4.74. The highest BCUT2D eigenvalue weighted by molar-refractivity contribution is 6.36. The zero-order chi connectivity index (χ0) is 25.9. The highest BCUT2D eigenvalue weighted by atomic mass is 15.0. The first kappa shape index (κ1) is 22.2. The standard InChI is InChI=1S/C36H25BN2/c37-32-21-20-26(39-35-18-7-3-14-29(35)30-15-4-8-19-36(30)39)23-31(32)24-10-9-11-25(22-24)38-33-16-5-1-12-27(33)28-13-2-6-17-34(28)38/h1-3,5-14,16-23H,4,15H2. The van der Waals surface area contributed by atoms with Crippen molar-refractivity contribution in [1.29, 1.82) is 0 Å². The second-order valence-electron chi connectivity index (χ2n) is 10.3. The van der Waals surface area contributed by atoms with Gasteiger partial charge in [-0.2, -0.15) is 0 Å². The maximum absolute atomic E-state index is 6.65. The average molecular weight is 496 g/mol. The first-order valence-electron chi connectivity index (χ1n) is 13.6. The molecular weight excluding hydrogens is 471 g/mol. The van der Waals surface area contributed by atoms with Crippen LogP contribution in [0.5, 0.6) is 0 Å². The van der Waals surface area contributed by atoms with Crippen LogP contribution in [0.1, 0.15) is 17.7 Å². The lowest BCUT2D eigenvalue weighted by Gasteiger charge is -2.16. The normalized spacial score (nSPS) is 12.9. The number of para-hydroxylation sites is 3. The molecule has 7 aromatic rings. The summed E-state index contributed by atoms with van der Waals surface area (Å²) in [5.74, 6) is 0. The van der Waals surface area contributed by atoms with Crippen LogP contribution in [0.4, 0.5) is 0 Å². The van der Waals surface area contributed by atoms with Gasteiger partial charge in [0.15, 0.2) is 0 Å². The van der Waals surface area contributed by atoms with E-state index in [1.165, 1.54) is 44.0 Å². The second kappa shape index (κ2) is 8.64. The van der Waals surface area contributed by atoms with Crippen LogP contribution in [0.3, 0.4) is 0 Å². The number of aromatic nitrogens is 2. The van der Waals surface area contributed by atoms with E-state index in [2.05, 4.69) is 130 Å². The van der Waals surface area contributed by atoms with E-state index >= 15 is 0 Å². The molecule has 2 nitrogen and oxygen atoms in total. The number of aryl methyl sites for hydroxylation is 1. The van der Waals surface area contributed by atoms with E-state index in [-0.39, 0.29) is 0 Å². The van der Waals surface area contributed by atoms with Gasteiger partial charge in [-0.3, -0.25) is 0 Å². The van der Waals surface area contributed by atoms with Crippen molar-refractivity contribution in [2.45, 2.75) is 12.8 Å². The van der Waals surface area contributed by atoms with Crippen LogP contribution in [0, 0.1) is 0 Å². The molecule has 0 aliphatic heterocycles. The zero-order valence-electron chi connectivity index (χ0n) is 21.5. The summed E-state index contributed by atoms with van der Waals surface area (Å²) in [4.78, 5) is 0. The van der Waals surface area contributed by atoms with Gasteiger partial charge in [-0.15, -0.1) is 0 Å². The molecule has 2 heterocycles. The number of allylic oxidation sites excluding steroid dienone is 1. The Hall–Kier alpha value is -4.76. The molecule has 1 aliphatic rings. The summed E-state index contributed by atoms with van der Waals surface area (Å²) in [5.41, 5.74) is 11.5. The van der Waals surface area contributed by atoms with Crippen molar-refractivity contribution in [1.82, 2.24) is 9.13 Å². The first-order chi connectivity index (χ1) is 19.3. The van der Waals surface area contributed by atoms with Gasteiger partial charge < -0.3 is 9.13 Å². The predicted octanol–water partition coefficient (Wildman–Crippen LogP) is 8.15. The molecule has 0 amide bonds. The molecule has 0 unspecified atom stereocenters. The molecular formula is C36H25BN2. The zero-order valence-corrected chi connectivity index (χ0v) is 21.5. The monoisotopic (exact) mass is 496 g/mol. The number of hydrogen-bond donors (Lipinski definition) is 0. The van der Waals surface area contributed by atoms with Gasteiger partial charge in [0, 0.05) is 33.2 Å². The van der Waals surface area contributed by atoms with Gasteiger partial charge >= 0.3 is 0 Å². The van der Waals surface area contributed by atoms with E-state index in [1.807, 2.05) is 6.07 Å². The fraction of sp³-hybridized carbons (Fsp3) is 0.0556. The molecule has 1 aliphatic carbocycles. The molecule has 2 aromatic heterocycles. The molecule has 0 N–H and O–H groups in total. The average Bonchev–Trinajstić information content (AvgIpc) is 3.51. The van der Waals surface area contributed by atoms with Crippen molar-refractivity contribution in [3.63, 3.8) is 0 Å². The predicted molar refractivity (Wildman–Crippen MR) is 166 cm³/mol. The van der Waals surface area contributed by atoms with E-state index < -0.39 is 0 Å². The Morgan fingerprint density at radius 2 is 1.21 bits per heavy atom. The first-order valence-corrected chi connectivity index (χ1v) is 13.6. The topological polar surface area (TPSA) is 9.86 Å². The van der Waals surface area contributed by atoms with Crippen molar-refractivity contribution >= 4 is 52.1 Å². The number of nitrogens with zero attached hydrogens (tertiary/aromatic N) is 2. The van der Waals surface area contributed by atoms with Crippen LogP contribution in [0.15, 0.2) is 121 Å². The smallest absolute Gasteiger partial charge is 0.114 e. The lowest BCUT2D eigenvalue weighted by Crippen LogP contribution is -2.09. The van der Waals surface area contributed by atoms with E-state index in [0.717, 1.165) is 40.8 Å². The number of rotatable bonds is 3. The summed E-state index contributed by atoms with van der Waals surface area (Å²) in [6.45, 7) is 0. The molecule has 0 spiro atoms. The van der Waals surface area contributed by atoms with Crippen LogP contribution in [-0.2, 0) is 6.42 Å². The van der Waals surface area contributed by atoms with Gasteiger partial charge in [0.1, 0.15) is 7.85 Å². The fourth-order valence-corrected chi connectivity index (χ4v) is 6.41. The molecule has 5 aromatic carbocycles. The fourth-order valence-electron chi connectivity index (χ4n) is 6.41. The van der Waals surface area contributed by atoms with Crippen LogP contribution < -0.4 is 5.46 Å². The quantitative estimate of drug-likeness (QED) is 0.219. The largest absolute Gasteiger partial charge is 0.310 e. The summed E-state index contributed by atoms with van der Waals surface area (Å²) in [5, 5.41) is 3.86. The van der Waals surface area contributed by atoms with Gasteiger partial charge in [-0.05, 0) is 78.1 Å². The van der Waals surface area contributed by atoms with Crippen molar-refractivity contribution in [2.75, 3.05) is 0 Å². The van der Waals surface area contributed by atoms with Gasteiger partial charge in [0.05, 0.1) is 16.6 Å². The van der Waals surface area contributed by atoms with Gasteiger partial charge in [-0.25, -0.2) is 0 Å². The second-order valence-corrected chi connectivity index (χ2v) is 10.3. The Morgan fingerprint density at radius 1 is 0.564 bits per heavy atom. The molecule has 0 atom stereocenters. The molecule has 182 valence electrons. The Kier molecular flexibility index (Phi) is 4.93. The molecule has 2 radical (unpaired) electrons. The van der Waals surface area contributed by atoms with Crippen molar-refractivity contribution in [3.8, 4) is 22.5 Å². The number of hydrogen-bond acceptors (Lipinski definition) is 0. The van der Waals surface area contributed by atoms with Gasteiger partial charge in [-0.1, -0.05) is 84.3 Å². The third-order valence-corrected chi connectivity index (χ3v) is 8.15. The van der Waals surface area contributed by atoms with E-state index in [9.17, 15) is 0 Å². The molecule has 39 heavy (non-hydrogen) atoms. The van der Waals surface area contributed by atoms with E-state index in [0.29, 0.717) is 0 Å². The van der Waals surface area contributed by atoms with Gasteiger partial charge in [0.25, 0.3) is 0 Å². The Morgan fingerprint density at radius 3 is 1.95 bits per heavy atom. The van der Waals surface area contributed by atoms with Crippen LogP contribution in [-0.4, -0.2) is 17.0 Å². The summed E-state index contributed by atoms with van der Waals surface area (Å²) in [7, 11) is 6.65. The van der Waals surface area contributed by atoms with Gasteiger partial charge in [0.2, 0.25) is 0 Å². The van der Waals surface area contributed by atoms with Crippen molar-refractivity contribution in [3.05, 3.63) is 133 Å². The summed E-state index contributed by atoms with van der Waals surface area (Å²) in [6.07, 6.45) is 6.72. The lowest BCUT2D eigenvalue weighted by atomic mass is 9.86.